The number of alkyl halides is 5. The Hall–Kier alpha value is -0.0300. The van der Waals surface area contributed by atoms with Gasteiger partial charge in [0.25, 0.3) is 0 Å². The van der Waals surface area contributed by atoms with Gasteiger partial charge in [0, 0.05) is 5.92 Å². The van der Waals surface area contributed by atoms with Crippen molar-refractivity contribution in [3.63, 3.8) is 0 Å². The lowest BCUT2D eigenvalue weighted by Crippen LogP contribution is -2.05. The molecular weight excluding hydrogens is 337 g/mol. The third-order valence-corrected chi connectivity index (χ3v) is 4.20. The Labute approximate surface area is 102 Å². The van der Waals surface area contributed by atoms with Crippen LogP contribution in [0.1, 0.15) is 23.5 Å². The number of halogens is 5. The van der Waals surface area contributed by atoms with Crippen molar-refractivity contribution in [3.8, 4) is 0 Å². The van der Waals surface area contributed by atoms with Gasteiger partial charge >= 0.3 is 6.18 Å². The molecule has 82 valence electrons. The first kappa shape index (κ1) is 11.5. The maximum absolute atomic E-state index is 12.4. The van der Waals surface area contributed by atoms with Crippen LogP contribution in [0, 0.1) is 0 Å². The molecule has 0 amide bonds. The van der Waals surface area contributed by atoms with Gasteiger partial charge in [0.15, 0.2) is 0 Å². The van der Waals surface area contributed by atoms with Crippen LogP contribution < -0.4 is 0 Å². The minimum absolute atomic E-state index is 0.125. The van der Waals surface area contributed by atoms with E-state index in [0.29, 0.717) is 0 Å². The zero-order chi connectivity index (χ0) is 11.3. The topological polar surface area (TPSA) is 0 Å². The fourth-order valence-electron chi connectivity index (χ4n) is 1.51. The zero-order valence-corrected chi connectivity index (χ0v) is 10.7. The molecule has 0 bridgehead atoms. The summed E-state index contributed by atoms with van der Waals surface area (Å²) in [5.41, 5.74) is 0.140. The summed E-state index contributed by atoms with van der Waals surface area (Å²) in [6.07, 6.45) is -3.44. The van der Waals surface area contributed by atoms with Crippen molar-refractivity contribution < 1.29 is 13.2 Å². The van der Waals surface area contributed by atoms with Crippen LogP contribution in [0.25, 0.3) is 0 Å². The van der Waals surface area contributed by atoms with E-state index in [1.165, 1.54) is 12.1 Å². The number of hydrogen-bond donors (Lipinski definition) is 0. The highest BCUT2D eigenvalue weighted by atomic mass is 79.9. The first-order valence-corrected chi connectivity index (χ1v) is 5.94. The van der Waals surface area contributed by atoms with Crippen molar-refractivity contribution in [2.24, 2.45) is 0 Å². The fourth-order valence-corrected chi connectivity index (χ4v) is 2.68. The predicted molar refractivity (Wildman–Crippen MR) is 59.4 cm³/mol. The maximum Gasteiger partial charge on any atom is 0.416 e. The highest BCUT2D eigenvalue weighted by molar-refractivity contribution is 9.25. The summed E-state index contributed by atoms with van der Waals surface area (Å²) < 4.78 is 37.1. The third-order valence-electron chi connectivity index (χ3n) is 2.44. The van der Waals surface area contributed by atoms with E-state index in [4.69, 9.17) is 0 Å². The van der Waals surface area contributed by atoms with Gasteiger partial charge in [0.05, 0.1) is 8.80 Å². The minimum atomic E-state index is -4.26. The van der Waals surface area contributed by atoms with Gasteiger partial charge in [-0.3, -0.25) is 0 Å². The fraction of sp³-hybridized carbons (Fsp3) is 0.400. The Bertz CT molecular complexity index is 384. The van der Waals surface area contributed by atoms with Crippen LogP contribution in [0.4, 0.5) is 13.2 Å². The molecule has 2 rings (SSSR count). The van der Waals surface area contributed by atoms with Crippen LogP contribution in [0.3, 0.4) is 0 Å². The molecule has 1 atom stereocenters. The van der Waals surface area contributed by atoms with E-state index >= 15 is 0 Å². The second-order valence-electron chi connectivity index (χ2n) is 3.64. The Balaban J connectivity index is 2.29. The highest BCUT2D eigenvalue weighted by Gasteiger charge is 2.51. The molecule has 1 aliphatic rings. The molecule has 0 spiro atoms. The molecule has 0 aliphatic heterocycles. The summed E-state index contributed by atoms with van der Waals surface area (Å²) >= 11 is 6.80. The molecule has 0 aromatic heterocycles. The normalized spacial score (nSPS) is 23.9. The minimum Gasteiger partial charge on any atom is -0.166 e. The molecule has 1 aromatic carbocycles. The van der Waals surface area contributed by atoms with Crippen molar-refractivity contribution in [3.05, 3.63) is 35.4 Å². The van der Waals surface area contributed by atoms with Gasteiger partial charge in [-0.1, -0.05) is 50.1 Å². The van der Waals surface area contributed by atoms with Crippen molar-refractivity contribution in [2.45, 2.75) is 21.7 Å². The summed E-state index contributed by atoms with van der Waals surface area (Å²) in [5.74, 6) is 0.125. The Morgan fingerprint density at radius 2 is 1.87 bits per heavy atom. The molecule has 0 nitrogen and oxygen atoms in total. The van der Waals surface area contributed by atoms with Crippen molar-refractivity contribution in [1.82, 2.24) is 0 Å². The molecule has 1 aliphatic carbocycles. The molecule has 0 N–H and O–H groups in total. The third kappa shape index (κ3) is 2.38. The number of rotatable bonds is 1. The summed E-state index contributed by atoms with van der Waals surface area (Å²) in [5, 5.41) is 0. The van der Waals surface area contributed by atoms with Gasteiger partial charge in [0.2, 0.25) is 0 Å². The van der Waals surface area contributed by atoms with Gasteiger partial charge in [-0.15, -0.1) is 0 Å². The maximum atomic E-state index is 12.4. The standard InChI is InChI=1S/C10H7Br2F3/c11-9(12)5-8(9)6-2-1-3-7(4-6)10(13,14)15/h1-4,8H,5H2. The monoisotopic (exact) mass is 342 g/mol. The van der Waals surface area contributed by atoms with Crippen LogP contribution in [-0.4, -0.2) is 3.23 Å². The van der Waals surface area contributed by atoms with E-state index in [1.54, 1.807) is 6.07 Å². The molecule has 1 unspecified atom stereocenters. The van der Waals surface area contributed by atoms with E-state index in [9.17, 15) is 13.2 Å². The number of hydrogen-bond acceptors (Lipinski definition) is 0. The zero-order valence-electron chi connectivity index (χ0n) is 7.48. The van der Waals surface area contributed by atoms with Gasteiger partial charge in [-0.05, 0) is 18.1 Å². The van der Waals surface area contributed by atoms with Crippen LogP contribution in [0.15, 0.2) is 24.3 Å². The summed E-state index contributed by atoms with van der Waals surface area (Å²) in [4.78, 5) is 0. The largest absolute Gasteiger partial charge is 0.416 e. The second kappa shape index (κ2) is 3.48. The van der Waals surface area contributed by atoms with Crippen molar-refractivity contribution >= 4 is 31.9 Å². The van der Waals surface area contributed by atoms with E-state index < -0.39 is 11.7 Å². The highest BCUT2D eigenvalue weighted by Crippen LogP contribution is 2.62. The summed E-state index contributed by atoms with van der Waals surface area (Å²) in [6.45, 7) is 0. The van der Waals surface area contributed by atoms with Crippen molar-refractivity contribution in [2.75, 3.05) is 0 Å². The Morgan fingerprint density at radius 3 is 2.33 bits per heavy atom. The quantitative estimate of drug-likeness (QED) is 0.649. The van der Waals surface area contributed by atoms with Gasteiger partial charge in [-0.2, -0.15) is 13.2 Å². The first-order valence-electron chi connectivity index (χ1n) is 4.36. The Morgan fingerprint density at radius 1 is 1.27 bits per heavy atom. The SMILES string of the molecule is FC(F)(F)c1cccc(C2CC2(Br)Br)c1. The summed E-state index contributed by atoms with van der Waals surface area (Å²) in [6, 6.07) is 5.49. The van der Waals surface area contributed by atoms with Gasteiger partial charge < -0.3 is 0 Å². The van der Waals surface area contributed by atoms with E-state index in [-0.39, 0.29) is 9.15 Å². The molecule has 1 aromatic rings. The lowest BCUT2D eigenvalue weighted by Gasteiger charge is -2.08. The van der Waals surface area contributed by atoms with E-state index in [0.717, 1.165) is 18.1 Å². The predicted octanol–water partition coefficient (Wildman–Crippen LogP) is 4.68. The molecule has 1 saturated carbocycles. The van der Waals surface area contributed by atoms with Crippen LogP contribution in [-0.2, 0) is 6.18 Å². The Kier molecular flexibility index (Phi) is 2.66. The van der Waals surface area contributed by atoms with E-state index in [2.05, 4.69) is 31.9 Å². The average Bonchev–Trinajstić information content (AvgIpc) is 2.74. The molecule has 0 heterocycles. The lowest BCUT2D eigenvalue weighted by atomic mass is 10.1. The average molecular weight is 344 g/mol. The molecule has 0 radical (unpaired) electrons. The molecule has 5 heteroatoms. The van der Waals surface area contributed by atoms with Crippen LogP contribution >= 0.6 is 31.9 Å². The number of benzene rings is 1. The molecular formula is C10H7Br2F3. The van der Waals surface area contributed by atoms with Crippen LogP contribution in [0.5, 0.6) is 0 Å². The molecule has 15 heavy (non-hydrogen) atoms. The van der Waals surface area contributed by atoms with Crippen LogP contribution in [0.2, 0.25) is 0 Å². The molecule has 0 saturated heterocycles. The first-order chi connectivity index (χ1) is 6.81. The second-order valence-corrected chi connectivity index (χ2v) is 7.54. The van der Waals surface area contributed by atoms with E-state index in [1.807, 2.05) is 0 Å². The van der Waals surface area contributed by atoms with Crippen molar-refractivity contribution in [1.29, 1.82) is 0 Å². The van der Waals surface area contributed by atoms with Gasteiger partial charge in [-0.25, -0.2) is 0 Å². The van der Waals surface area contributed by atoms with Gasteiger partial charge in [0.1, 0.15) is 0 Å². The lowest BCUT2D eigenvalue weighted by molar-refractivity contribution is -0.137. The summed E-state index contributed by atoms with van der Waals surface area (Å²) in [7, 11) is 0. The smallest absolute Gasteiger partial charge is 0.166 e. The molecule has 1 fully saturated rings.